The first-order chi connectivity index (χ1) is 8.95. The number of anilines is 1. The first-order valence-electron chi connectivity index (χ1n) is 6.29. The predicted molar refractivity (Wildman–Crippen MR) is 71.7 cm³/mol. The average molecular weight is 251 g/mol. The molecule has 0 aromatic carbocycles. The maximum Gasteiger partial charge on any atom is 0.254 e. The van der Waals surface area contributed by atoms with E-state index in [0.29, 0.717) is 5.78 Å². The fourth-order valence-electron chi connectivity index (χ4n) is 1.91. The Bertz CT molecular complexity index is 450. The highest BCUT2D eigenvalue weighted by atomic mass is 16.2. The highest BCUT2D eigenvalue weighted by molar-refractivity contribution is 5.45. The summed E-state index contributed by atoms with van der Waals surface area (Å²) < 4.78 is 1.80. The molecule has 0 spiro atoms. The molecule has 6 heteroatoms. The number of aliphatic hydroxyl groups excluding tert-OH is 1. The molecule has 0 aliphatic carbocycles. The Balaban J connectivity index is 0.000000371. The second-order valence-corrected chi connectivity index (χ2v) is 3.47. The normalized spacial score (nSPS) is 13.7. The lowest BCUT2D eigenvalue weighted by Crippen LogP contribution is -2.21. The van der Waals surface area contributed by atoms with Crippen molar-refractivity contribution < 1.29 is 5.11 Å². The largest absolute Gasteiger partial charge is 0.400 e. The van der Waals surface area contributed by atoms with Gasteiger partial charge in [-0.3, -0.25) is 0 Å². The summed E-state index contributed by atoms with van der Waals surface area (Å²) in [5.74, 6) is 1.78. The van der Waals surface area contributed by atoms with E-state index in [0.717, 1.165) is 26.0 Å². The standard InChI is InChI=1S/C9H11N5.C2H6.CH4O/c1-2-6-13(5-1)8-3-4-10-9-11-7-12-14(8)9;2*1-2/h3-4,7H,1-2,5-6H2;1-2H3;2H,1H3. The van der Waals surface area contributed by atoms with Gasteiger partial charge in [0.05, 0.1) is 0 Å². The lowest BCUT2D eigenvalue weighted by molar-refractivity contribution is 0.399. The summed E-state index contributed by atoms with van der Waals surface area (Å²) in [6.07, 6.45) is 5.86. The molecule has 0 radical (unpaired) electrons. The van der Waals surface area contributed by atoms with Crippen LogP contribution in [-0.4, -0.2) is 44.9 Å². The van der Waals surface area contributed by atoms with Crippen LogP contribution in [0.5, 0.6) is 0 Å². The van der Waals surface area contributed by atoms with E-state index in [2.05, 4.69) is 20.0 Å². The van der Waals surface area contributed by atoms with Crippen molar-refractivity contribution in [1.29, 1.82) is 0 Å². The number of aliphatic hydroxyl groups is 1. The molecule has 3 heterocycles. The first-order valence-corrected chi connectivity index (χ1v) is 6.29. The molecule has 1 fully saturated rings. The second kappa shape index (κ2) is 7.60. The van der Waals surface area contributed by atoms with E-state index < -0.39 is 0 Å². The van der Waals surface area contributed by atoms with Crippen LogP contribution >= 0.6 is 0 Å². The Morgan fingerprint density at radius 2 is 1.78 bits per heavy atom. The highest BCUT2D eigenvalue weighted by Crippen LogP contribution is 2.18. The molecular formula is C12H21N5O. The van der Waals surface area contributed by atoms with Crippen molar-refractivity contribution in [3.05, 3.63) is 18.6 Å². The van der Waals surface area contributed by atoms with Crippen LogP contribution < -0.4 is 4.90 Å². The van der Waals surface area contributed by atoms with Crippen LogP contribution in [0.25, 0.3) is 5.78 Å². The molecule has 2 aromatic rings. The van der Waals surface area contributed by atoms with Gasteiger partial charge >= 0.3 is 0 Å². The Morgan fingerprint density at radius 1 is 1.11 bits per heavy atom. The third kappa shape index (κ3) is 2.95. The zero-order valence-electron chi connectivity index (χ0n) is 11.2. The molecule has 1 aliphatic heterocycles. The molecule has 1 aliphatic rings. The van der Waals surface area contributed by atoms with Gasteiger partial charge in [0.25, 0.3) is 5.78 Å². The molecule has 1 saturated heterocycles. The van der Waals surface area contributed by atoms with E-state index in [9.17, 15) is 0 Å². The van der Waals surface area contributed by atoms with Crippen molar-refractivity contribution in [2.24, 2.45) is 0 Å². The minimum atomic E-state index is 0.675. The monoisotopic (exact) mass is 251 g/mol. The quantitative estimate of drug-likeness (QED) is 0.829. The zero-order chi connectivity index (χ0) is 13.4. The molecule has 0 saturated carbocycles. The zero-order valence-corrected chi connectivity index (χ0v) is 11.2. The van der Waals surface area contributed by atoms with Gasteiger partial charge in [-0.1, -0.05) is 13.8 Å². The summed E-state index contributed by atoms with van der Waals surface area (Å²) in [7, 11) is 1.00. The van der Waals surface area contributed by atoms with E-state index in [4.69, 9.17) is 5.11 Å². The van der Waals surface area contributed by atoms with E-state index in [1.165, 1.54) is 12.8 Å². The van der Waals surface area contributed by atoms with Gasteiger partial charge in [-0.05, 0) is 18.9 Å². The lowest BCUT2D eigenvalue weighted by Gasteiger charge is -2.17. The van der Waals surface area contributed by atoms with E-state index >= 15 is 0 Å². The molecule has 0 amide bonds. The van der Waals surface area contributed by atoms with Crippen LogP contribution in [0, 0.1) is 0 Å². The number of hydrogen-bond acceptors (Lipinski definition) is 5. The average Bonchev–Trinajstić information content (AvgIpc) is 3.14. The number of nitrogens with zero attached hydrogens (tertiary/aromatic N) is 5. The molecule has 100 valence electrons. The van der Waals surface area contributed by atoms with Crippen molar-refractivity contribution in [3.63, 3.8) is 0 Å². The molecule has 18 heavy (non-hydrogen) atoms. The van der Waals surface area contributed by atoms with Crippen molar-refractivity contribution >= 4 is 11.6 Å². The summed E-state index contributed by atoms with van der Waals surface area (Å²) in [5, 5.41) is 11.2. The van der Waals surface area contributed by atoms with Crippen molar-refractivity contribution in [1.82, 2.24) is 19.6 Å². The maximum absolute atomic E-state index is 7.00. The van der Waals surface area contributed by atoms with Crippen LogP contribution in [-0.2, 0) is 0 Å². The molecule has 2 aromatic heterocycles. The molecule has 0 bridgehead atoms. The van der Waals surface area contributed by atoms with Gasteiger partial charge in [0, 0.05) is 26.4 Å². The lowest BCUT2D eigenvalue weighted by atomic mass is 10.4. The fraction of sp³-hybridized carbons (Fsp3) is 0.583. The van der Waals surface area contributed by atoms with Gasteiger partial charge < -0.3 is 10.0 Å². The van der Waals surface area contributed by atoms with Gasteiger partial charge in [-0.2, -0.15) is 14.6 Å². The van der Waals surface area contributed by atoms with Crippen molar-refractivity contribution in [2.45, 2.75) is 26.7 Å². The van der Waals surface area contributed by atoms with Gasteiger partial charge in [-0.15, -0.1) is 0 Å². The van der Waals surface area contributed by atoms with Gasteiger partial charge in [0.15, 0.2) is 0 Å². The topological polar surface area (TPSA) is 66.5 Å². The Morgan fingerprint density at radius 3 is 2.44 bits per heavy atom. The molecule has 0 atom stereocenters. The SMILES string of the molecule is CC.CO.c1cc(N2CCCC2)n2ncnc2n1. The first kappa shape index (κ1) is 14.4. The van der Waals surface area contributed by atoms with Crippen LogP contribution in [0.1, 0.15) is 26.7 Å². The summed E-state index contributed by atoms with van der Waals surface area (Å²) in [5.41, 5.74) is 0. The number of rotatable bonds is 1. The van der Waals surface area contributed by atoms with E-state index in [-0.39, 0.29) is 0 Å². The fourth-order valence-corrected chi connectivity index (χ4v) is 1.91. The van der Waals surface area contributed by atoms with Crippen molar-refractivity contribution in [2.75, 3.05) is 25.1 Å². The Kier molecular flexibility index (Phi) is 6.07. The minimum Gasteiger partial charge on any atom is -0.400 e. The summed E-state index contributed by atoms with van der Waals surface area (Å²) in [4.78, 5) is 10.5. The van der Waals surface area contributed by atoms with Gasteiger partial charge in [0.2, 0.25) is 0 Å². The second-order valence-electron chi connectivity index (χ2n) is 3.47. The van der Waals surface area contributed by atoms with Crippen LogP contribution in [0.3, 0.4) is 0 Å². The van der Waals surface area contributed by atoms with Crippen LogP contribution in [0.2, 0.25) is 0 Å². The molecular weight excluding hydrogens is 230 g/mol. The van der Waals surface area contributed by atoms with Gasteiger partial charge in [0.1, 0.15) is 12.1 Å². The molecule has 1 N–H and O–H groups in total. The minimum absolute atomic E-state index is 0.675. The van der Waals surface area contributed by atoms with Crippen LogP contribution in [0.15, 0.2) is 18.6 Å². The maximum atomic E-state index is 7.00. The summed E-state index contributed by atoms with van der Waals surface area (Å²) in [6.45, 7) is 6.22. The summed E-state index contributed by atoms with van der Waals surface area (Å²) >= 11 is 0. The van der Waals surface area contributed by atoms with Gasteiger partial charge in [-0.25, -0.2) is 4.98 Å². The Hall–Kier alpha value is -1.69. The van der Waals surface area contributed by atoms with E-state index in [1.54, 1.807) is 17.0 Å². The van der Waals surface area contributed by atoms with Crippen molar-refractivity contribution in [3.8, 4) is 0 Å². The predicted octanol–water partition coefficient (Wildman–Crippen LogP) is 1.36. The molecule has 0 unspecified atom stereocenters. The number of fused-ring (bicyclic) bond motifs is 1. The smallest absolute Gasteiger partial charge is 0.254 e. The van der Waals surface area contributed by atoms with Crippen LogP contribution in [0.4, 0.5) is 5.82 Å². The number of aromatic nitrogens is 4. The Labute approximate surface area is 107 Å². The molecule has 3 rings (SSSR count). The third-order valence-corrected chi connectivity index (χ3v) is 2.59. The number of hydrogen-bond donors (Lipinski definition) is 1. The van der Waals surface area contributed by atoms with E-state index in [1.807, 2.05) is 19.9 Å². The highest BCUT2D eigenvalue weighted by Gasteiger charge is 2.15. The summed E-state index contributed by atoms with van der Waals surface area (Å²) in [6, 6.07) is 1.99. The third-order valence-electron chi connectivity index (χ3n) is 2.59. The molecule has 6 nitrogen and oxygen atoms in total.